The average Bonchev–Trinajstić information content (AvgIpc) is 2.62. The average molecular weight is 412 g/mol. The fourth-order valence-electron chi connectivity index (χ4n) is 3.12. The van der Waals surface area contributed by atoms with Crippen LogP contribution in [0.5, 0.6) is 0 Å². The summed E-state index contributed by atoms with van der Waals surface area (Å²) in [6.07, 6.45) is 15.6. The topological polar surface area (TPSA) is 40.6 Å². The molecule has 1 aromatic heterocycles. The molecular formula is C21H41NO3Si2. The third kappa shape index (κ3) is 13.3. The summed E-state index contributed by atoms with van der Waals surface area (Å²) in [5, 5.41) is 0. The van der Waals surface area contributed by atoms with Crippen LogP contribution in [0.3, 0.4) is 0 Å². The van der Waals surface area contributed by atoms with Gasteiger partial charge in [-0.25, -0.2) is 0 Å². The molecule has 27 heavy (non-hydrogen) atoms. The molecule has 1 aromatic rings. The standard InChI is InChI=1S/C21H41NO3Si2/c1-6-7-8-9-10-11-12-13-14-18-23-26(2,3)25-27(4,5)24-20-21-16-15-17-22-19-21/h15-17,19H,6-14,18,20H2,1-5H3. The number of hydrogen-bond acceptors (Lipinski definition) is 4. The van der Waals surface area contributed by atoms with E-state index in [2.05, 4.69) is 38.1 Å². The Bertz CT molecular complexity index is 484. The number of rotatable bonds is 16. The van der Waals surface area contributed by atoms with E-state index in [4.69, 9.17) is 13.0 Å². The third-order valence-corrected chi connectivity index (χ3v) is 10.2. The van der Waals surface area contributed by atoms with Crippen molar-refractivity contribution in [3.05, 3.63) is 30.1 Å². The minimum absolute atomic E-state index is 0.551. The molecule has 0 aliphatic heterocycles. The van der Waals surface area contributed by atoms with E-state index in [0.717, 1.165) is 18.6 Å². The van der Waals surface area contributed by atoms with Gasteiger partial charge >= 0.3 is 17.1 Å². The zero-order valence-corrected chi connectivity index (χ0v) is 20.3. The van der Waals surface area contributed by atoms with Crippen molar-refractivity contribution in [1.29, 1.82) is 0 Å². The first-order valence-corrected chi connectivity index (χ1v) is 16.3. The second-order valence-corrected chi connectivity index (χ2v) is 15.2. The van der Waals surface area contributed by atoms with Crippen molar-refractivity contribution in [2.45, 2.75) is 97.5 Å². The molecule has 0 fully saturated rings. The van der Waals surface area contributed by atoms with Crippen LogP contribution in [-0.4, -0.2) is 28.7 Å². The van der Waals surface area contributed by atoms with Gasteiger partial charge in [0.2, 0.25) is 0 Å². The summed E-state index contributed by atoms with van der Waals surface area (Å²) in [5.74, 6) is 0. The van der Waals surface area contributed by atoms with Gasteiger partial charge in [0.25, 0.3) is 0 Å². The van der Waals surface area contributed by atoms with Crippen LogP contribution < -0.4 is 0 Å². The second kappa shape index (κ2) is 13.6. The van der Waals surface area contributed by atoms with Crippen LogP contribution in [0, 0.1) is 0 Å². The van der Waals surface area contributed by atoms with Crippen molar-refractivity contribution in [2.75, 3.05) is 6.61 Å². The Kier molecular flexibility index (Phi) is 12.3. The Morgan fingerprint density at radius 2 is 1.41 bits per heavy atom. The lowest BCUT2D eigenvalue weighted by Gasteiger charge is -2.32. The maximum atomic E-state index is 6.34. The molecule has 4 nitrogen and oxygen atoms in total. The van der Waals surface area contributed by atoms with E-state index in [9.17, 15) is 0 Å². The van der Waals surface area contributed by atoms with E-state index in [1.807, 2.05) is 18.3 Å². The fourth-order valence-corrected chi connectivity index (χ4v) is 9.48. The lowest BCUT2D eigenvalue weighted by atomic mass is 10.1. The molecule has 0 saturated heterocycles. The van der Waals surface area contributed by atoms with Crippen LogP contribution >= 0.6 is 0 Å². The molecule has 0 N–H and O–H groups in total. The predicted molar refractivity (Wildman–Crippen MR) is 118 cm³/mol. The van der Waals surface area contributed by atoms with Crippen LogP contribution in [-0.2, 0) is 19.6 Å². The molecule has 0 atom stereocenters. The monoisotopic (exact) mass is 411 g/mol. The summed E-state index contributed by atoms with van der Waals surface area (Å²) in [6, 6.07) is 3.96. The Morgan fingerprint density at radius 3 is 2.00 bits per heavy atom. The Labute approximate surface area is 169 Å². The summed E-state index contributed by atoms with van der Waals surface area (Å²) in [5.41, 5.74) is 1.08. The molecule has 156 valence electrons. The number of unbranched alkanes of at least 4 members (excludes halogenated alkanes) is 8. The van der Waals surface area contributed by atoms with Crippen molar-refractivity contribution in [2.24, 2.45) is 0 Å². The van der Waals surface area contributed by atoms with Crippen molar-refractivity contribution >= 4 is 17.1 Å². The molecule has 0 radical (unpaired) electrons. The van der Waals surface area contributed by atoms with Gasteiger partial charge in [-0.1, -0.05) is 64.4 Å². The molecular weight excluding hydrogens is 370 g/mol. The summed E-state index contributed by atoms with van der Waals surface area (Å²) >= 11 is 0. The van der Waals surface area contributed by atoms with E-state index in [-0.39, 0.29) is 0 Å². The van der Waals surface area contributed by atoms with Crippen molar-refractivity contribution in [3.8, 4) is 0 Å². The number of hydrogen-bond donors (Lipinski definition) is 0. The quantitative estimate of drug-likeness (QED) is 0.228. The SMILES string of the molecule is CCCCCCCCCCCO[Si](C)(C)O[Si](C)(C)OCc1cccnc1. The first-order valence-electron chi connectivity index (χ1n) is 10.7. The van der Waals surface area contributed by atoms with Crippen molar-refractivity contribution in [1.82, 2.24) is 4.98 Å². The van der Waals surface area contributed by atoms with Gasteiger partial charge in [-0.15, -0.1) is 0 Å². The number of nitrogens with zero attached hydrogens (tertiary/aromatic N) is 1. The largest absolute Gasteiger partial charge is 0.415 e. The summed E-state index contributed by atoms with van der Waals surface area (Å²) in [4.78, 5) is 4.13. The number of pyridine rings is 1. The van der Waals surface area contributed by atoms with Gasteiger partial charge in [0.1, 0.15) is 0 Å². The van der Waals surface area contributed by atoms with Gasteiger partial charge in [-0.3, -0.25) is 4.98 Å². The molecule has 0 amide bonds. The van der Waals surface area contributed by atoms with Gasteiger partial charge in [-0.2, -0.15) is 0 Å². The summed E-state index contributed by atoms with van der Waals surface area (Å²) < 4.78 is 18.6. The highest BCUT2D eigenvalue weighted by Crippen LogP contribution is 2.19. The highest BCUT2D eigenvalue weighted by Gasteiger charge is 2.36. The molecule has 6 heteroatoms. The molecule has 0 unspecified atom stereocenters. The predicted octanol–water partition coefficient (Wildman–Crippen LogP) is 6.57. The molecule has 0 aromatic carbocycles. The molecule has 0 bridgehead atoms. The minimum atomic E-state index is -2.21. The van der Waals surface area contributed by atoms with Gasteiger partial charge in [-0.05, 0) is 44.2 Å². The maximum Gasteiger partial charge on any atom is 0.323 e. The molecule has 0 aliphatic rings. The van der Waals surface area contributed by atoms with Crippen LogP contribution in [0.25, 0.3) is 0 Å². The lowest BCUT2D eigenvalue weighted by Crippen LogP contribution is -2.48. The van der Waals surface area contributed by atoms with E-state index >= 15 is 0 Å². The van der Waals surface area contributed by atoms with Crippen LogP contribution in [0.15, 0.2) is 24.5 Å². The lowest BCUT2D eigenvalue weighted by molar-refractivity contribution is 0.187. The van der Waals surface area contributed by atoms with E-state index in [0.29, 0.717) is 6.61 Å². The van der Waals surface area contributed by atoms with Crippen molar-refractivity contribution in [3.63, 3.8) is 0 Å². The third-order valence-electron chi connectivity index (χ3n) is 4.50. The Hall–Kier alpha value is -0.536. The molecule has 0 aliphatic carbocycles. The van der Waals surface area contributed by atoms with Crippen molar-refractivity contribution < 1.29 is 13.0 Å². The smallest absolute Gasteiger partial charge is 0.323 e. The Morgan fingerprint density at radius 1 is 0.815 bits per heavy atom. The highest BCUT2D eigenvalue weighted by molar-refractivity contribution is 6.78. The number of aromatic nitrogens is 1. The van der Waals surface area contributed by atoms with E-state index in [1.165, 1.54) is 51.4 Å². The molecule has 1 rings (SSSR count). The van der Waals surface area contributed by atoms with Crippen LogP contribution in [0.4, 0.5) is 0 Å². The summed E-state index contributed by atoms with van der Waals surface area (Å²) in [6.45, 7) is 12.1. The fraction of sp³-hybridized carbons (Fsp3) is 0.762. The zero-order valence-electron chi connectivity index (χ0n) is 18.3. The van der Waals surface area contributed by atoms with E-state index < -0.39 is 17.1 Å². The van der Waals surface area contributed by atoms with Gasteiger partial charge < -0.3 is 13.0 Å². The van der Waals surface area contributed by atoms with Gasteiger partial charge in [0, 0.05) is 19.0 Å². The van der Waals surface area contributed by atoms with Crippen LogP contribution in [0.1, 0.15) is 70.3 Å². The normalized spacial score (nSPS) is 12.5. The van der Waals surface area contributed by atoms with Gasteiger partial charge in [0.05, 0.1) is 6.61 Å². The minimum Gasteiger partial charge on any atom is -0.415 e. The zero-order chi connectivity index (χ0) is 20.0. The molecule has 0 spiro atoms. The van der Waals surface area contributed by atoms with Gasteiger partial charge in [0.15, 0.2) is 0 Å². The van der Waals surface area contributed by atoms with E-state index in [1.54, 1.807) is 6.20 Å². The van der Waals surface area contributed by atoms with Crippen LogP contribution in [0.2, 0.25) is 26.2 Å². The first-order chi connectivity index (χ1) is 12.8. The molecule has 0 saturated carbocycles. The Balaban J connectivity index is 2.13. The first kappa shape index (κ1) is 24.5. The summed E-state index contributed by atoms with van der Waals surface area (Å²) in [7, 11) is -4.36. The molecule has 1 heterocycles. The second-order valence-electron chi connectivity index (χ2n) is 8.23. The highest BCUT2D eigenvalue weighted by atomic mass is 28.5. The maximum absolute atomic E-state index is 6.34.